The van der Waals surface area contributed by atoms with Gasteiger partial charge in [0, 0.05) is 5.33 Å². The quantitative estimate of drug-likeness (QED) is 0.695. The van der Waals surface area contributed by atoms with Gasteiger partial charge in [0.25, 0.3) is 0 Å². The van der Waals surface area contributed by atoms with E-state index >= 15 is 0 Å². The first-order chi connectivity index (χ1) is 6.61. The van der Waals surface area contributed by atoms with Crippen LogP contribution in [0.25, 0.3) is 0 Å². The highest BCUT2D eigenvalue weighted by atomic mass is 79.9. The van der Waals surface area contributed by atoms with Gasteiger partial charge in [0.15, 0.2) is 0 Å². The number of hydrogen-bond donors (Lipinski definition) is 0. The van der Waals surface area contributed by atoms with Gasteiger partial charge in [-0.3, -0.25) is 0 Å². The van der Waals surface area contributed by atoms with Gasteiger partial charge >= 0.3 is 0 Å². The van der Waals surface area contributed by atoms with E-state index in [1.54, 1.807) is 0 Å². The Morgan fingerprint density at radius 3 is 2.93 bits per heavy atom. The lowest BCUT2D eigenvalue weighted by molar-refractivity contribution is 0.0846. The molecule has 1 aliphatic rings. The van der Waals surface area contributed by atoms with Crippen LogP contribution in [0, 0.1) is 0 Å². The normalized spacial score (nSPS) is 18.5. The minimum atomic E-state index is 0.00290. The average Bonchev–Trinajstić information content (AvgIpc) is 2.16. The van der Waals surface area contributed by atoms with Crippen molar-refractivity contribution in [1.82, 2.24) is 0 Å². The van der Waals surface area contributed by atoms with Crippen molar-refractivity contribution in [3.63, 3.8) is 0 Å². The summed E-state index contributed by atoms with van der Waals surface area (Å²) in [5, 5.41) is 0.920. The molecule has 2 rings (SSSR count). The van der Waals surface area contributed by atoms with Gasteiger partial charge in [-0.05, 0) is 43.9 Å². The van der Waals surface area contributed by atoms with E-state index in [4.69, 9.17) is 4.74 Å². The van der Waals surface area contributed by atoms with Crippen molar-refractivity contribution < 1.29 is 4.74 Å². The third kappa shape index (κ3) is 1.95. The Morgan fingerprint density at radius 2 is 2.21 bits per heavy atom. The van der Waals surface area contributed by atoms with E-state index in [2.05, 4.69) is 48.0 Å². The van der Waals surface area contributed by atoms with Crippen LogP contribution in [0.15, 0.2) is 18.2 Å². The van der Waals surface area contributed by atoms with Gasteiger partial charge < -0.3 is 4.74 Å². The minimum absolute atomic E-state index is 0.00290. The number of ether oxygens (including phenoxy) is 1. The standard InChI is InChI=1S/C12H15BrO/c1-12(2)6-5-10-7-9(8-13)3-4-11(10)14-12/h3-4,7H,5-6,8H2,1-2H3. The van der Waals surface area contributed by atoms with Crippen molar-refractivity contribution >= 4 is 15.9 Å². The molecule has 0 aromatic heterocycles. The van der Waals surface area contributed by atoms with Crippen LogP contribution >= 0.6 is 15.9 Å². The van der Waals surface area contributed by atoms with Crippen molar-refractivity contribution in [3.8, 4) is 5.75 Å². The average molecular weight is 255 g/mol. The van der Waals surface area contributed by atoms with Gasteiger partial charge in [-0.25, -0.2) is 0 Å². The molecule has 1 aromatic rings. The molecule has 0 bridgehead atoms. The van der Waals surface area contributed by atoms with Gasteiger partial charge in [-0.15, -0.1) is 0 Å². The number of hydrogen-bond acceptors (Lipinski definition) is 1. The van der Waals surface area contributed by atoms with Crippen molar-refractivity contribution in [3.05, 3.63) is 29.3 Å². The Bertz CT molecular complexity index is 344. The summed E-state index contributed by atoms with van der Waals surface area (Å²) < 4.78 is 5.90. The van der Waals surface area contributed by atoms with E-state index in [1.165, 1.54) is 11.1 Å². The van der Waals surface area contributed by atoms with Crippen LogP contribution in [0.4, 0.5) is 0 Å². The van der Waals surface area contributed by atoms with Gasteiger partial charge in [0.2, 0.25) is 0 Å². The highest BCUT2D eigenvalue weighted by molar-refractivity contribution is 9.08. The largest absolute Gasteiger partial charge is 0.488 e. The summed E-state index contributed by atoms with van der Waals surface area (Å²) in [7, 11) is 0. The van der Waals surface area contributed by atoms with Crippen LogP contribution in [-0.4, -0.2) is 5.60 Å². The maximum atomic E-state index is 5.90. The zero-order valence-corrected chi connectivity index (χ0v) is 10.2. The first-order valence-corrected chi connectivity index (χ1v) is 6.10. The first-order valence-electron chi connectivity index (χ1n) is 4.97. The number of rotatable bonds is 1. The highest BCUT2D eigenvalue weighted by Gasteiger charge is 2.26. The predicted molar refractivity (Wildman–Crippen MR) is 62.1 cm³/mol. The summed E-state index contributed by atoms with van der Waals surface area (Å²) in [6.07, 6.45) is 2.23. The van der Waals surface area contributed by atoms with E-state index in [0.29, 0.717) is 0 Å². The molecule has 0 atom stereocenters. The fourth-order valence-electron chi connectivity index (χ4n) is 1.80. The number of aryl methyl sites for hydroxylation is 1. The van der Waals surface area contributed by atoms with E-state index in [0.717, 1.165) is 23.9 Å². The lowest BCUT2D eigenvalue weighted by atomic mass is 9.93. The minimum Gasteiger partial charge on any atom is -0.488 e. The second-order valence-electron chi connectivity index (χ2n) is 4.44. The van der Waals surface area contributed by atoms with Crippen molar-refractivity contribution in [2.75, 3.05) is 0 Å². The molecule has 2 heteroatoms. The molecule has 0 N–H and O–H groups in total. The van der Waals surface area contributed by atoms with Gasteiger partial charge in [0.1, 0.15) is 11.4 Å². The van der Waals surface area contributed by atoms with Gasteiger partial charge in [-0.2, -0.15) is 0 Å². The van der Waals surface area contributed by atoms with Crippen LogP contribution < -0.4 is 4.74 Å². The fourth-order valence-corrected chi connectivity index (χ4v) is 2.14. The highest BCUT2D eigenvalue weighted by Crippen LogP contribution is 2.33. The molecule has 0 saturated carbocycles. The summed E-state index contributed by atoms with van der Waals surface area (Å²) in [5.41, 5.74) is 2.68. The molecule has 1 heterocycles. The second kappa shape index (κ2) is 3.58. The Hall–Kier alpha value is -0.500. The van der Waals surface area contributed by atoms with Crippen LogP contribution in [0.1, 0.15) is 31.4 Å². The number of alkyl halides is 1. The molecule has 0 spiro atoms. The summed E-state index contributed by atoms with van der Waals surface area (Å²) in [5.74, 6) is 1.06. The molecular weight excluding hydrogens is 240 g/mol. The predicted octanol–water partition coefficient (Wildman–Crippen LogP) is 3.69. The summed E-state index contributed by atoms with van der Waals surface area (Å²) in [6.45, 7) is 4.29. The molecule has 1 aromatic carbocycles. The van der Waals surface area contributed by atoms with Crippen molar-refractivity contribution in [1.29, 1.82) is 0 Å². The monoisotopic (exact) mass is 254 g/mol. The number of benzene rings is 1. The van der Waals surface area contributed by atoms with Gasteiger partial charge in [-0.1, -0.05) is 28.1 Å². The molecular formula is C12H15BrO. The molecule has 76 valence electrons. The van der Waals surface area contributed by atoms with E-state index in [1.807, 2.05) is 0 Å². The third-order valence-electron chi connectivity index (χ3n) is 2.66. The Morgan fingerprint density at radius 1 is 1.43 bits per heavy atom. The molecule has 0 saturated heterocycles. The Balaban J connectivity index is 2.32. The SMILES string of the molecule is CC1(C)CCc2cc(CBr)ccc2O1. The van der Waals surface area contributed by atoms with Crippen LogP contribution in [0.2, 0.25) is 0 Å². The molecule has 0 amide bonds. The van der Waals surface area contributed by atoms with E-state index < -0.39 is 0 Å². The third-order valence-corrected chi connectivity index (χ3v) is 3.31. The maximum Gasteiger partial charge on any atom is 0.123 e. The zero-order chi connectivity index (χ0) is 10.2. The zero-order valence-electron chi connectivity index (χ0n) is 8.64. The summed E-state index contributed by atoms with van der Waals surface area (Å²) >= 11 is 3.47. The van der Waals surface area contributed by atoms with Crippen LogP contribution in [0.5, 0.6) is 5.75 Å². The lowest BCUT2D eigenvalue weighted by Gasteiger charge is -2.32. The summed E-state index contributed by atoms with van der Waals surface area (Å²) in [6, 6.07) is 6.45. The molecule has 0 unspecified atom stereocenters. The lowest BCUT2D eigenvalue weighted by Crippen LogP contribution is -2.32. The van der Waals surface area contributed by atoms with Crippen molar-refractivity contribution in [2.24, 2.45) is 0 Å². The maximum absolute atomic E-state index is 5.90. The fraction of sp³-hybridized carbons (Fsp3) is 0.500. The molecule has 0 fully saturated rings. The molecule has 0 radical (unpaired) electrons. The van der Waals surface area contributed by atoms with E-state index in [-0.39, 0.29) is 5.60 Å². The second-order valence-corrected chi connectivity index (χ2v) is 5.00. The number of fused-ring (bicyclic) bond motifs is 1. The molecule has 1 aliphatic heterocycles. The Labute approximate surface area is 93.6 Å². The smallest absolute Gasteiger partial charge is 0.123 e. The molecule has 0 aliphatic carbocycles. The number of halogens is 1. The van der Waals surface area contributed by atoms with E-state index in [9.17, 15) is 0 Å². The van der Waals surface area contributed by atoms with Crippen LogP contribution in [-0.2, 0) is 11.8 Å². The van der Waals surface area contributed by atoms with Gasteiger partial charge in [0.05, 0.1) is 0 Å². The Kier molecular flexibility index (Phi) is 2.56. The molecule has 1 nitrogen and oxygen atoms in total. The molecule has 14 heavy (non-hydrogen) atoms. The first kappa shape index (κ1) is 10.0. The van der Waals surface area contributed by atoms with Crippen molar-refractivity contribution in [2.45, 2.75) is 37.6 Å². The van der Waals surface area contributed by atoms with Crippen LogP contribution in [0.3, 0.4) is 0 Å². The summed E-state index contributed by atoms with van der Waals surface area (Å²) in [4.78, 5) is 0. The topological polar surface area (TPSA) is 9.23 Å².